The van der Waals surface area contributed by atoms with Gasteiger partial charge < -0.3 is 10.1 Å². The summed E-state index contributed by atoms with van der Waals surface area (Å²) in [4.78, 5) is 19.2. The van der Waals surface area contributed by atoms with E-state index in [1.165, 1.54) is 11.1 Å². The van der Waals surface area contributed by atoms with Gasteiger partial charge in [-0.15, -0.1) is 6.58 Å². The molecule has 0 saturated carbocycles. The van der Waals surface area contributed by atoms with Gasteiger partial charge in [0.1, 0.15) is 5.52 Å². The molecule has 1 N–H and O–H groups in total. The lowest BCUT2D eigenvalue weighted by molar-refractivity contribution is 0.196. The number of nitrogens with zero attached hydrogens (tertiary/aromatic N) is 2. The molecule has 29 heavy (non-hydrogen) atoms. The Labute approximate surface area is 171 Å². The molecule has 1 aliphatic rings. The summed E-state index contributed by atoms with van der Waals surface area (Å²) in [5.41, 5.74) is 4.29. The van der Waals surface area contributed by atoms with Crippen molar-refractivity contribution in [2.45, 2.75) is 25.4 Å². The molecule has 1 amide bonds. The molecule has 5 heteroatoms. The number of pyridine rings is 1. The van der Waals surface area contributed by atoms with Crippen LogP contribution >= 0.6 is 0 Å². The van der Waals surface area contributed by atoms with E-state index in [1.54, 1.807) is 6.20 Å². The molecule has 0 aliphatic heterocycles. The van der Waals surface area contributed by atoms with Gasteiger partial charge in [-0.1, -0.05) is 42.5 Å². The number of carbonyl (C=O) groups excluding carboxylic acids is 1. The molecular weight excluding hydrogens is 362 g/mol. The molecule has 0 saturated heterocycles. The third-order valence-electron chi connectivity index (χ3n) is 5.33. The van der Waals surface area contributed by atoms with Crippen LogP contribution in [0.15, 0.2) is 67.4 Å². The number of aryl methyl sites for hydroxylation is 1. The number of hydrogen-bond acceptors (Lipinski definition) is 4. The molecule has 0 bridgehead atoms. The SMILES string of the molecule is C=CCN(C)Cc1ccc(OC(=O)N[C@@H]2CCc3ccccc32)c2ncccc12. The maximum Gasteiger partial charge on any atom is 0.413 e. The molecule has 1 atom stereocenters. The third kappa shape index (κ3) is 4.15. The summed E-state index contributed by atoms with van der Waals surface area (Å²) in [6, 6.07) is 15.9. The molecule has 0 radical (unpaired) electrons. The first-order valence-corrected chi connectivity index (χ1v) is 9.88. The fourth-order valence-corrected chi connectivity index (χ4v) is 3.98. The van der Waals surface area contributed by atoms with Crippen LogP contribution in [0, 0.1) is 0 Å². The van der Waals surface area contributed by atoms with Gasteiger partial charge in [-0.25, -0.2) is 4.79 Å². The summed E-state index contributed by atoms with van der Waals surface area (Å²) in [5.74, 6) is 0.472. The molecular formula is C24H25N3O2. The van der Waals surface area contributed by atoms with Crippen molar-refractivity contribution in [2.24, 2.45) is 0 Å². The van der Waals surface area contributed by atoms with E-state index in [9.17, 15) is 4.79 Å². The predicted molar refractivity (Wildman–Crippen MR) is 115 cm³/mol. The second kappa shape index (κ2) is 8.45. The van der Waals surface area contributed by atoms with Crippen LogP contribution in [0.3, 0.4) is 0 Å². The first-order valence-electron chi connectivity index (χ1n) is 9.88. The minimum Gasteiger partial charge on any atom is -0.408 e. The smallest absolute Gasteiger partial charge is 0.408 e. The summed E-state index contributed by atoms with van der Waals surface area (Å²) >= 11 is 0. The van der Waals surface area contributed by atoms with Crippen molar-refractivity contribution in [3.63, 3.8) is 0 Å². The maximum atomic E-state index is 12.6. The maximum absolute atomic E-state index is 12.6. The molecule has 0 unspecified atom stereocenters. The Morgan fingerprint density at radius 1 is 1.28 bits per heavy atom. The molecule has 1 aliphatic carbocycles. The van der Waals surface area contributed by atoms with E-state index >= 15 is 0 Å². The Balaban J connectivity index is 1.52. The van der Waals surface area contributed by atoms with Crippen molar-refractivity contribution in [1.82, 2.24) is 15.2 Å². The zero-order valence-electron chi connectivity index (χ0n) is 16.6. The lowest BCUT2D eigenvalue weighted by Gasteiger charge is -2.17. The molecule has 1 heterocycles. The number of fused-ring (bicyclic) bond motifs is 2. The largest absolute Gasteiger partial charge is 0.413 e. The zero-order valence-corrected chi connectivity index (χ0v) is 16.6. The van der Waals surface area contributed by atoms with E-state index in [0.29, 0.717) is 11.3 Å². The number of amides is 1. The van der Waals surface area contributed by atoms with Crippen LogP contribution in [0.2, 0.25) is 0 Å². The number of nitrogens with one attached hydrogen (secondary N) is 1. The fourth-order valence-electron chi connectivity index (χ4n) is 3.98. The molecule has 5 nitrogen and oxygen atoms in total. The summed E-state index contributed by atoms with van der Waals surface area (Å²) in [5, 5.41) is 3.99. The van der Waals surface area contributed by atoms with Gasteiger partial charge in [-0.2, -0.15) is 0 Å². The minimum atomic E-state index is -0.449. The number of rotatable bonds is 6. The predicted octanol–water partition coefficient (Wildman–Crippen LogP) is 4.63. The van der Waals surface area contributed by atoms with Gasteiger partial charge in [0.2, 0.25) is 0 Å². The van der Waals surface area contributed by atoms with E-state index in [4.69, 9.17) is 4.74 Å². The summed E-state index contributed by atoms with van der Waals surface area (Å²) in [6.07, 6.45) is 5.01. The molecule has 0 fully saturated rings. The highest BCUT2D eigenvalue weighted by molar-refractivity contribution is 5.89. The second-order valence-corrected chi connectivity index (χ2v) is 7.43. The third-order valence-corrected chi connectivity index (χ3v) is 5.33. The number of benzene rings is 2. The summed E-state index contributed by atoms with van der Waals surface area (Å²) < 4.78 is 5.67. The fraction of sp³-hybridized carbons (Fsp3) is 0.250. The van der Waals surface area contributed by atoms with Crippen molar-refractivity contribution in [1.29, 1.82) is 0 Å². The minimum absolute atomic E-state index is 0.00949. The average Bonchev–Trinajstić information content (AvgIpc) is 3.13. The van der Waals surface area contributed by atoms with Crippen molar-refractivity contribution in [2.75, 3.05) is 13.6 Å². The first-order chi connectivity index (χ1) is 14.2. The van der Waals surface area contributed by atoms with E-state index in [-0.39, 0.29) is 6.04 Å². The summed E-state index contributed by atoms with van der Waals surface area (Å²) in [7, 11) is 2.04. The van der Waals surface area contributed by atoms with E-state index in [2.05, 4.69) is 33.9 Å². The van der Waals surface area contributed by atoms with Gasteiger partial charge in [0.15, 0.2) is 5.75 Å². The number of ether oxygens (including phenoxy) is 1. The Morgan fingerprint density at radius 3 is 3.00 bits per heavy atom. The summed E-state index contributed by atoms with van der Waals surface area (Å²) in [6.45, 7) is 5.35. The number of aromatic nitrogens is 1. The quantitative estimate of drug-likeness (QED) is 0.627. The van der Waals surface area contributed by atoms with Gasteiger partial charge in [0, 0.05) is 24.7 Å². The van der Waals surface area contributed by atoms with Crippen LogP contribution in [0.4, 0.5) is 4.79 Å². The molecule has 0 spiro atoms. The Hall–Kier alpha value is -3.18. The highest BCUT2D eigenvalue weighted by Gasteiger charge is 2.24. The highest BCUT2D eigenvalue weighted by atomic mass is 16.6. The molecule has 3 aromatic rings. The first kappa shape index (κ1) is 19.2. The Morgan fingerprint density at radius 2 is 2.14 bits per heavy atom. The van der Waals surface area contributed by atoms with Crippen LogP contribution in [0.1, 0.15) is 29.2 Å². The van der Waals surface area contributed by atoms with Crippen LogP contribution < -0.4 is 10.1 Å². The highest BCUT2D eigenvalue weighted by Crippen LogP contribution is 2.31. The Bertz CT molecular complexity index is 1050. The number of likely N-dealkylation sites (N-methyl/N-ethyl adjacent to an activating group) is 1. The van der Waals surface area contributed by atoms with E-state index in [0.717, 1.165) is 36.9 Å². The topological polar surface area (TPSA) is 54.5 Å². The second-order valence-electron chi connectivity index (χ2n) is 7.43. The lowest BCUT2D eigenvalue weighted by Crippen LogP contribution is -2.30. The van der Waals surface area contributed by atoms with Gasteiger partial charge in [0.25, 0.3) is 0 Å². The average molecular weight is 387 g/mol. The van der Waals surface area contributed by atoms with Crippen LogP contribution in [0.25, 0.3) is 10.9 Å². The van der Waals surface area contributed by atoms with Gasteiger partial charge in [0.05, 0.1) is 6.04 Å². The number of hydrogen-bond donors (Lipinski definition) is 1. The van der Waals surface area contributed by atoms with Crippen LogP contribution in [0.5, 0.6) is 5.75 Å². The number of carbonyl (C=O) groups is 1. The van der Waals surface area contributed by atoms with E-state index in [1.807, 2.05) is 49.5 Å². The standard InChI is InChI=1S/C24H25N3O2/c1-3-15-27(2)16-18-11-13-22(23-20(18)9-6-14-25-23)29-24(28)26-21-12-10-17-7-4-5-8-19(17)21/h3-9,11,13-14,21H,1,10,12,15-16H2,2H3,(H,26,28)/t21-/m1/s1. The monoisotopic (exact) mass is 387 g/mol. The van der Waals surface area contributed by atoms with Gasteiger partial charge in [-0.05, 0) is 48.7 Å². The van der Waals surface area contributed by atoms with Crippen LogP contribution in [-0.2, 0) is 13.0 Å². The van der Waals surface area contributed by atoms with Crippen molar-refractivity contribution >= 4 is 17.0 Å². The molecule has 4 rings (SSSR count). The van der Waals surface area contributed by atoms with Crippen molar-refractivity contribution in [3.8, 4) is 5.75 Å². The Kier molecular flexibility index (Phi) is 5.58. The van der Waals surface area contributed by atoms with Crippen molar-refractivity contribution in [3.05, 3.63) is 84.1 Å². The lowest BCUT2D eigenvalue weighted by atomic mass is 10.1. The van der Waals surface area contributed by atoms with Gasteiger partial charge >= 0.3 is 6.09 Å². The normalized spacial score (nSPS) is 15.3. The molecule has 2 aromatic carbocycles. The van der Waals surface area contributed by atoms with E-state index < -0.39 is 6.09 Å². The molecule has 148 valence electrons. The van der Waals surface area contributed by atoms with Crippen LogP contribution in [-0.4, -0.2) is 29.6 Å². The zero-order chi connectivity index (χ0) is 20.2. The van der Waals surface area contributed by atoms with Gasteiger partial charge in [-0.3, -0.25) is 9.88 Å². The van der Waals surface area contributed by atoms with Crippen molar-refractivity contribution < 1.29 is 9.53 Å². The molecule has 1 aromatic heterocycles.